The zero-order chi connectivity index (χ0) is 15.7. The van der Waals surface area contributed by atoms with Gasteiger partial charge in [-0.2, -0.15) is 4.98 Å². The summed E-state index contributed by atoms with van der Waals surface area (Å²) in [5, 5.41) is 3.97. The second kappa shape index (κ2) is 5.75. The highest BCUT2D eigenvalue weighted by atomic mass is 16.5. The molecule has 1 aromatic heterocycles. The summed E-state index contributed by atoms with van der Waals surface area (Å²) in [5.74, 6) is 1.36. The van der Waals surface area contributed by atoms with E-state index in [1.807, 2.05) is 25.7 Å². The molecule has 0 aliphatic carbocycles. The fourth-order valence-electron chi connectivity index (χ4n) is 2.44. The van der Waals surface area contributed by atoms with Gasteiger partial charge >= 0.3 is 0 Å². The number of rotatable bonds is 4. The second-order valence-corrected chi connectivity index (χ2v) is 7.34. The Kier molecular flexibility index (Phi) is 4.37. The molecule has 1 aliphatic rings. The third-order valence-corrected chi connectivity index (χ3v) is 4.10. The Hall–Kier alpha value is -1.43. The van der Waals surface area contributed by atoms with Crippen molar-refractivity contribution in [2.24, 2.45) is 11.1 Å². The first-order valence-electron chi connectivity index (χ1n) is 7.54. The highest BCUT2D eigenvalue weighted by molar-refractivity contribution is 5.76. The molecule has 2 rings (SSSR count). The predicted octanol–water partition coefficient (Wildman–Crippen LogP) is 1.50. The number of aromatic nitrogens is 2. The summed E-state index contributed by atoms with van der Waals surface area (Å²) in [6, 6.07) is 0. The van der Waals surface area contributed by atoms with Crippen LogP contribution < -0.4 is 5.73 Å². The van der Waals surface area contributed by atoms with Crippen LogP contribution in [0.2, 0.25) is 0 Å². The van der Waals surface area contributed by atoms with Gasteiger partial charge in [-0.05, 0) is 18.4 Å². The number of nitrogens with two attached hydrogens (primary N) is 1. The van der Waals surface area contributed by atoms with Crippen LogP contribution in [0.15, 0.2) is 4.52 Å². The van der Waals surface area contributed by atoms with Crippen LogP contribution in [-0.2, 0) is 16.6 Å². The Balaban J connectivity index is 1.86. The van der Waals surface area contributed by atoms with Gasteiger partial charge in [-0.25, -0.2) is 0 Å². The zero-order valence-corrected chi connectivity index (χ0v) is 13.5. The summed E-state index contributed by atoms with van der Waals surface area (Å²) < 4.78 is 5.21. The second-order valence-electron chi connectivity index (χ2n) is 7.34. The van der Waals surface area contributed by atoms with Gasteiger partial charge in [-0.3, -0.25) is 4.79 Å². The molecule has 6 nitrogen and oxygen atoms in total. The van der Waals surface area contributed by atoms with E-state index in [9.17, 15) is 4.79 Å². The van der Waals surface area contributed by atoms with Crippen LogP contribution in [0.5, 0.6) is 0 Å². The van der Waals surface area contributed by atoms with Crippen molar-refractivity contribution in [2.45, 2.75) is 52.4 Å². The number of carbonyl (C=O) groups excluding carboxylic acids is 1. The van der Waals surface area contributed by atoms with E-state index in [-0.39, 0.29) is 16.7 Å². The van der Waals surface area contributed by atoms with Gasteiger partial charge in [0.2, 0.25) is 11.8 Å². The average Bonchev–Trinajstić information content (AvgIpc) is 3.03. The quantitative estimate of drug-likeness (QED) is 0.909. The zero-order valence-electron chi connectivity index (χ0n) is 13.5. The molecule has 1 atom stereocenters. The van der Waals surface area contributed by atoms with Crippen LogP contribution in [0.4, 0.5) is 0 Å². The molecule has 1 amide bonds. The van der Waals surface area contributed by atoms with E-state index in [4.69, 9.17) is 10.3 Å². The third kappa shape index (κ3) is 3.81. The molecule has 0 spiro atoms. The van der Waals surface area contributed by atoms with Crippen LogP contribution in [0.3, 0.4) is 0 Å². The largest absolute Gasteiger partial charge is 0.342 e. The molecule has 1 fully saturated rings. The Labute approximate surface area is 126 Å². The normalized spacial score (nSPS) is 22.8. The van der Waals surface area contributed by atoms with Crippen molar-refractivity contribution in [3.8, 4) is 0 Å². The van der Waals surface area contributed by atoms with Crippen molar-refractivity contribution in [3.05, 3.63) is 11.7 Å². The fourth-order valence-corrected chi connectivity index (χ4v) is 2.44. The summed E-state index contributed by atoms with van der Waals surface area (Å²) in [6.07, 6.45) is 1.88. The average molecular weight is 294 g/mol. The van der Waals surface area contributed by atoms with Crippen molar-refractivity contribution < 1.29 is 9.32 Å². The fraction of sp³-hybridized carbons (Fsp3) is 0.800. The first-order chi connectivity index (χ1) is 9.73. The van der Waals surface area contributed by atoms with E-state index >= 15 is 0 Å². The molecule has 6 heteroatoms. The number of hydrogen-bond acceptors (Lipinski definition) is 5. The maximum atomic E-state index is 12.2. The molecule has 0 bridgehead atoms. The first-order valence-corrected chi connectivity index (χ1v) is 7.54. The summed E-state index contributed by atoms with van der Waals surface area (Å²) in [4.78, 5) is 18.5. The molecule has 118 valence electrons. The monoisotopic (exact) mass is 294 g/mol. The van der Waals surface area contributed by atoms with Crippen molar-refractivity contribution in [1.82, 2.24) is 15.0 Å². The standard InChI is InChI=1S/C15H26N4O2/c1-14(2,3)13-17-11(21-18-13)5-6-12(20)19-8-7-15(4,9-16)10-19/h5-10,16H2,1-4H3. The molecule has 1 saturated heterocycles. The van der Waals surface area contributed by atoms with Gasteiger partial charge in [-0.15, -0.1) is 0 Å². The summed E-state index contributed by atoms with van der Waals surface area (Å²) in [6.45, 7) is 10.4. The molecular weight excluding hydrogens is 268 g/mol. The summed E-state index contributed by atoms with van der Waals surface area (Å²) in [5.41, 5.74) is 5.70. The van der Waals surface area contributed by atoms with E-state index in [0.29, 0.717) is 31.1 Å². The number of amides is 1. The maximum absolute atomic E-state index is 12.2. The molecule has 2 heterocycles. The lowest BCUT2D eigenvalue weighted by Gasteiger charge is -2.22. The molecule has 0 aromatic carbocycles. The van der Waals surface area contributed by atoms with Gasteiger partial charge in [-0.1, -0.05) is 32.9 Å². The van der Waals surface area contributed by atoms with Crippen molar-refractivity contribution in [2.75, 3.05) is 19.6 Å². The highest BCUT2D eigenvalue weighted by Gasteiger charge is 2.34. The molecule has 1 aromatic rings. The number of aryl methyl sites for hydroxylation is 1. The first kappa shape index (κ1) is 15.9. The Morgan fingerprint density at radius 1 is 1.48 bits per heavy atom. The minimum Gasteiger partial charge on any atom is -0.342 e. The molecule has 0 radical (unpaired) electrons. The topological polar surface area (TPSA) is 85.2 Å². The van der Waals surface area contributed by atoms with E-state index in [1.165, 1.54) is 0 Å². The van der Waals surface area contributed by atoms with Crippen LogP contribution in [0, 0.1) is 5.41 Å². The molecule has 2 N–H and O–H groups in total. The lowest BCUT2D eigenvalue weighted by atomic mass is 9.90. The molecule has 1 aliphatic heterocycles. The van der Waals surface area contributed by atoms with Gasteiger partial charge in [0.15, 0.2) is 5.82 Å². The Morgan fingerprint density at radius 2 is 2.19 bits per heavy atom. The number of nitrogens with zero attached hydrogens (tertiary/aromatic N) is 3. The van der Waals surface area contributed by atoms with Crippen LogP contribution in [-0.4, -0.2) is 40.6 Å². The minimum absolute atomic E-state index is 0.0690. The number of likely N-dealkylation sites (tertiary alicyclic amines) is 1. The summed E-state index contributed by atoms with van der Waals surface area (Å²) in [7, 11) is 0. The van der Waals surface area contributed by atoms with Crippen LogP contribution >= 0.6 is 0 Å². The van der Waals surface area contributed by atoms with Crippen molar-refractivity contribution >= 4 is 5.91 Å². The molecular formula is C15H26N4O2. The van der Waals surface area contributed by atoms with Gasteiger partial charge < -0.3 is 15.2 Å². The SMILES string of the molecule is CC1(CN)CCN(C(=O)CCc2nc(C(C)(C)C)no2)C1. The van der Waals surface area contributed by atoms with Crippen LogP contribution in [0.25, 0.3) is 0 Å². The van der Waals surface area contributed by atoms with E-state index in [1.54, 1.807) is 0 Å². The summed E-state index contributed by atoms with van der Waals surface area (Å²) >= 11 is 0. The van der Waals surface area contributed by atoms with Crippen molar-refractivity contribution in [1.29, 1.82) is 0 Å². The number of carbonyl (C=O) groups is 1. The van der Waals surface area contributed by atoms with Crippen molar-refractivity contribution in [3.63, 3.8) is 0 Å². The lowest BCUT2D eigenvalue weighted by molar-refractivity contribution is -0.130. The van der Waals surface area contributed by atoms with E-state index in [2.05, 4.69) is 17.1 Å². The highest BCUT2D eigenvalue weighted by Crippen LogP contribution is 2.29. The smallest absolute Gasteiger partial charge is 0.227 e. The van der Waals surface area contributed by atoms with Gasteiger partial charge in [0.05, 0.1) is 0 Å². The Bertz CT molecular complexity index is 506. The van der Waals surface area contributed by atoms with Gasteiger partial charge in [0.25, 0.3) is 0 Å². The van der Waals surface area contributed by atoms with Crippen LogP contribution in [0.1, 0.15) is 52.3 Å². The maximum Gasteiger partial charge on any atom is 0.227 e. The Morgan fingerprint density at radius 3 is 2.71 bits per heavy atom. The van der Waals surface area contributed by atoms with E-state index < -0.39 is 0 Å². The molecule has 21 heavy (non-hydrogen) atoms. The minimum atomic E-state index is -0.135. The predicted molar refractivity (Wildman–Crippen MR) is 79.7 cm³/mol. The number of hydrogen-bond donors (Lipinski definition) is 1. The molecule has 0 saturated carbocycles. The van der Waals surface area contributed by atoms with Gasteiger partial charge in [0, 0.05) is 31.3 Å². The molecule has 1 unspecified atom stereocenters. The van der Waals surface area contributed by atoms with E-state index in [0.717, 1.165) is 19.5 Å². The lowest BCUT2D eigenvalue weighted by Crippen LogP contribution is -2.34. The van der Waals surface area contributed by atoms with Gasteiger partial charge in [0.1, 0.15) is 0 Å². The third-order valence-electron chi connectivity index (χ3n) is 4.10.